The van der Waals surface area contributed by atoms with Crippen LogP contribution in [-0.2, 0) is 11.3 Å². The third-order valence-corrected chi connectivity index (χ3v) is 2.64. The summed E-state index contributed by atoms with van der Waals surface area (Å²) in [5.41, 5.74) is 0.992. The van der Waals surface area contributed by atoms with Crippen molar-refractivity contribution < 1.29 is 9.53 Å². The molecule has 1 heterocycles. The van der Waals surface area contributed by atoms with Crippen LogP contribution in [-0.4, -0.2) is 17.5 Å². The van der Waals surface area contributed by atoms with Gasteiger partial charge in [-0.05, 0) is 35.9 Å². The monoisotopic (exact) mass is 276 g/mol. The topological polar surface area (TPSA) is 51.2 Å². The van der Waals surface area contributed by atoms with Gasteiger partial charge in [0.1, 0.15) is 5.75 Å². The molecule has 4 nitrogen and oxygen atoms in total. The highest BCUT2D eigenvalue weighted by Gasteiger charge is 2.03. The molecule has 0 spiro atoms. The van der Waals surface area contributed by atoms with Gasteiger partial charge in [-0.1, -0.05) is 17.7 Å². The van der Waals surface area contributed by atoms with Crippen LogP contribution >= 0.6 is 11.6 Å². The lowest BCUT2D eigenvalue weighted by Crippen LogP contribution is -2.28. The van der Waals surface area contributed by atoms with Crippen molar-refractivity contribution in [2.75, 3.05) is 6.61 Å². The summed E-state index contributed by atoms with van der Waals surface area (Å²) in [4.78, 5) is 15.5. The van der Waals surface area contributed by atoms with E-state index >= 15 is 0 Å². The van der Waals surface area contributed by atoms with Crippen molar-refractivity contribution >= 4 is 17.5 Å². The Hall–Kier alpha value is -2.07. The van der Waals surface area contributed by atoms with Gasteiger partial charge in [0.25, 0.3) is 5.91 Å². The number of rotatable bonds is 5. The van der Waals surface area contributed by atoms with E-state index in [0.717, 1.165) is 5.56 Å². The Morgan fingerprint density at radius 1 is 1.26 bits per heavy atom. The second-order valence-electron chi connectivity index (χ2n) is 3.88. The van der Waals surface area contributed by atoms with E-state index in [-0.39, 0.29) is 12.5 Å². The molecular weight excluding hydrogens is 264 g/mol. The van der Waals surface area contributed by atoms with Gasteiger partial charge in [-0.3, -0.25) is 9.78 Å². The average Bonchev–Trinajstić information content (AvgIpc) is 2.44. The third kappa shape index (κ3) is 4.60. The van der Waals surface area contributed by atoms with Gasteiger partial charge in [-0.15, -0.1) is 0 Å². The Bertz CT molecular complexity index is 546. The number of aromatic nitrogens is 1. The van der Waals surface area contributed by atoms with E-state index in [0.29, 0.717) is 17.3 Å². The van der Waals surface area contributed by atoms with Crippen LogP contribution in [0.1, 0.15) is 5.56 Å². The molecule has 0 unspecified atom stereocenters. The Labute approximate surface area is 116 Å². The van der Waals surface area contributed by atoms with Gasteiger partial charge < -0.3 is 10.1 Å². The fourth-order valence-electron chi connectivity index (χ4n) is 1.46. The summed E-state index contributed by atoms with van der Waals surface area (Å²) in [6.07, 6.45) is 3.37. The Balaban J connectivity index is 1.76. The molecule has 0 aliphatic heterocycles. The van der Waals surface area contributed by atoms with Gasteiger partial charge in [0.05, 0.1) is 0 Å². The second kappa shape index (κ2) is 6.75. The van der Waals surface area contributed by atoms with Gasteiger partial charge in [0.2, 0.25) is 0 Å². The van der Waals surface area contributed by atoms with E-state index in [2.05, 4.69) is 10.3 Å². The first-order valence-electron chi connectivity index (χ1n) is 5.78. The molecule has 1 N–H and O–H groups in total. The van der Waals surface area contributed by atoms with Crippen molar-refractivity contribution in [1.82, 2.24) is 10.3 Å². The fraction of sp³-hybridized carbons (Fsp3) is 0.143. The maximum Gasteiger partial charge on any atom is 0.258 e. The second-order valence-corrected chi connectivity index (χ2v) is 4.31. The van der Waals surface area contributed by atoms with Gasteiger partial charge in [-0.2, -0.15) is 0 Å². The summed E-state index contributed by atoms with van der Waals surface area (Å²) in [6.45, 7) is 0.422. The summed E-state index contributed by atoms with van der Waals surface area (Å²) in [5.74, 6) is 0.392. The molecular formula is C14H13ClN2O2. The zero-order valence-corrected chi connectivity index (χ0v) is 10.9. The zero-order valence-electron chi connectivity index (χ0n) is 10.2. The van der Waals surface area contributed by atoms with Crippen LogP contribution in [0.2, 0.25) is 5.02 Å². The number of nitrogens with zero attached hydrogens (tertiary/aromatic N) is 1. The number of hydrogen-bond donors (Lipinski definition) is 1. The minimum Gasteiger partial charge on any atom is -0.484 e. The van der Waals surface area contributed by atoms with Gasteiger partial charge >= 0.3 is 0 Å². The zero-order chi connectivity index (χ0) is 13.5. The lowest BCUT2D eigenvalue weighted by molar-refractivity contribution is -0.123. The average molecular weight is 277 g/mol. The van der Waals surface area contributed by atoms with Crippen molar-refractivity contribution in [2.24, 2.45) is 0 Å². The molecule has 0 radical (unpaired) electrons. The van der Waals surface area contributed by atoms with Crippen molar-refractivity contribution in [3.8, 4) is 5.75 Å². The van der Waals surface area contributed by atoms with Crippen LogP contribution in [0.3, 0.4) is 0 Å². The fourth-order valence-corrected chi connectivity index (χ4v) is 1.64. The summed E-state index contributed by atoms with van der Waals surface area (Å²) < 4.78 is 5.33. The maximum absolute atomic E-state index is 11.6. The van der Waals surface area contributed by atoms with E-state index in [4.69, 9.17) is 16.3 Å². The first-order chi connectivity index (χ1) is 9.24. The predicted molar refractivity (Wildman–Crippen MR) is 73.0 cm³/mol. The molecule has 5 heteroatoms. The Morgan fingerprint density at radius 3 is 2.79 bits per heavy atom. The van der Waals surface area contributed by atoms with Crippen molar-refractivity contribution in [3.63, 3.8) is 0 Å². The van der Waals surface area contributed by atoms with Gasteiger partial charge in [-0.25, -0.2) is 0 Å². The molecule has 1 aromatic carbocycles. The van der Waals surface area contributed by atoms with E-state index in [1.807, 2.05) is 12.1 Å². The van der Waals surface area contributed by atoms with Crippen LogP contribution < -0.4 is 10.1 Å². The van der Waals surface area contributed by atoms with Gasteiger partial charge in [0, 0.05) is 24.0 Å². The predicted octanol–water partition coefficient (Wildman–Crippen LogP) is 2.43. The number of nitrogens with one attached hydrogen (secondary N) is 1. The van der Waals surface area contributed by atoms with E-state index in [1.165, 1.54) is 0 Å². The van der Waals surface area contributed by atoms with E-state index in [9.17, 15) is 4.79 Å². The smallest absolute Gasteiger partial charge is 0.258 e. The minimum absolute atomic E-state index is 0.0363. The third-order valence-electron chi connectivity index (χ3n) is 2.41. The first kappa shape index (κ1) is 13.4. The number of amides is 1. The molecule has 1 aromatic heterocycles. The minimum atomic E-state index is -0.184. The molecule has 0 saturated heterocycles. The van der Waals surface area contributed by atoms with E-state index in [1.54, 1.807) is 36.7 Å². The Kier molecular flexibility index (Phi) is 4.75. The molecule has 0 fully saturated rings. The lowest BCUT2D eigenvalue weighted by atomic mass is 10.3. The highest BCUT2D eigenvalue weighted by molar-refractivity contribution is 6.30. The van der Waals surface area contributed by atoms with Crippen LogP contribution in [0.15, 0.2) is 48.8 Å². The molecule has 2 rings (SSSR count). The number of pyridine rings is 1. The van der Waals surface area contributed by atoms with Crippen molar-refractivity contribution in [1.29, 1.82) is 0 Å². The van der Waals surface area contributed by atoms with Crippen molar-refractivity contribution in [3.05, 3.63) is 59.4 Å². The molecule has 0 bridgehead atoms. The standard InChI is InChI=1S/C14H13ClN2O2/c15-12-2-1-3-13(8-12)19-10-14(18)17-9-11-4-6-16-7-5-11/h1-8H,9-10H2,(H,17,18). The molecule has 0 aliphatic carbocycles. The summed E-state index contributed by atoms with van der Waals surface area (Å²) >= 11 is 5.81. The molecule has 0 atom stereocenters. The number of benzene rings is 1. The molecule has 0 saturated carbocycles. The summed E-state index contributed by atoms with van der Waals surface area (Å²) in [5, 5.41) is 3.34. The Morgan fingerprint density at radius 2 is 2.05 bits per heavy atom. The number of carbonyl (C=O) groups excluding carboxylic acids is 1. The highest BCUT2D eigenvalue weighted by atomic mass is 35.5. The first-order valence-corrected chi connectivity index (χ1v) is 6.16. The van der Waals surface area contributed by atoms with Crippen LogP contribution in [0.25, 0.3) is 0 Å². The van der Waals surface area contributed by atoms with Crippen molar-refractivity contribution in [2.45, 2.75) is 6.54 Å². The van der Waals surface area contributed by atoms with E-state index < -0.39 is 0 Å². The molecule has 19 heavy (non-hydrogen) atoms. The lowest BCUT2D eigenvalue weighted by Gasteiger charge is -2.07. The van der Waals surface area contributed by atoms with Gasteiger partial charge in [0.15, 0.2) is 6.61 Å². The SMILES string of the molecule is O=C(COc1cccc(Cl)c1)NCc1ccncc1. The number of hydrogen-bond acceptors (Lipinski definition) is 3. The number of ether oxygens (including phenoxy) is 1. The summed E-state index contributed by atoms with van der Waals surface area (Å²) in [7, 11) is 0. The number of halogens is 1. The van der Waals surface area contributed by atoms with Crippen LogP contribution in [0, 0.1) is 0 Å². The normalized spacial score (nSPS) is 9.95. The molecule has 1 amide bonds. The molecule has 2 aromatic rings. The molecule has 98 valence electrons. The summed E-state index contributed by atoms with van der Waals surface area (Å²) in [6, 6.07) is 10.6. The molecule has 0 aliphatic rings. The number of carbonyl (C=O) groups is 1. The maximum atomic E-state index is 11.6. The van der Waals surface area contributed by atoms with Crippen LogP contribution in [0.5, 0.6) is 5.75 Å². The van der Waals surface area contributed by atoms with Crippen LogP contribution in [0.4, 0.5) is 0 Å². The largest absolute Gasteiger partial charge is 0.484 e. The highest BCUT2D eigenvalue weighted by Crippen LogP contribution is 2.16. The quantitative estimate of drug-likeness (QED) is 0.912.